The first-order valence-corrected chi connectivity index (χ1v) is 10.5. The summed E-state index contributed by atoms with van der Waals surface area (Å²) >= 11 is 7.52. The van der Waals surface area contributed by atoms with Crippen molar-refractivity contribution in [2.45, 2.75) is 6.04 Å². The first-order valence-electron chi connectivity index (χ1n) is 9.28. The summed E-state index contributed by atoms with van der Waals surface area (Å²) in [4.78, 5) is 28.2. The van der Waals surface area contributed by atoms with E-state index in [-0.39, 0.29) is 11.3 Å². The first kappa shape index (κ1) is 21.0. The summed E-state index contributed by atoms with van der Waals surface area (Å²) in [6.45, 7) is 0. The SMILES string of the molecule is COc1ccc(/C(O)=C2/C(=O)C(=O)N(c3cccc(Cl)c3)C2c2cccs2)cc1OC. The summed E-state index contributed by atoms with van der Waals surface area (Å²) in [5.41, 5.74) is 0.808. The summed E-state index contributed by atoms with van der Waals surface area (Å²) in [7, 11) is 2.98. The van der Waals surface area contributed by atoms with E-state index in [9.17, 15) is 14.7 Å². The van der Waals surface area contributed by atoms with Crippen LogP contribution in [-0.4, -0.2) is 31.0 Å². The van der Waals surface area contributed by atoms with Gasteiger partial charge in [0.05, 0.1) is 19.8 Å². The van der Waals surface area contributed by atoms with Crippen LogP contribution in [0.25, 0.3) is 5.76 Å². The highest BCUT2D eigenvalue weighted by atomic mass is 35.5. The van der Waals surface area contributed by atoms with Crippen LogP contribution in [0.4, 0.5) is 5.69 Å². The van der Waals surface area contributed by atoms with Gasteiger partial charge in [0.15, 0.2) is 11.5 Å². The number of ether oxygens (including phenoxy) is 2. The Morgan fingerprint density at radius 3 is 2.45 bits per heavy atom. The van der Waals surface area contributed by atoms with E-state index in [1.165, 1.54) is 30.5 Å². The smallest absolute Gasteiger partial charge is 0.300 e. The number of methoxy groups -OCH3 is 2. The zero-order valence-electron chi connectivity index (χ0n) is 16.7. The number of ketones is 1. The maximum Gasteiger partial charge on any atom is 0.300 e. The van der Waals surface area contributed by atoms with Crippen LogP contribution < -0.4 is 14.4 Å². The van der Waals surface area contributed by atoms with Gasteiger partial charge in [0.2, 0.25) is 0 Å². The lowest BCUT2D eigenvalue weighted by molar-refractivity contribution is -0.132. The van der Waals surface area contributed by atoms with Gasteiger partial charge in [-0.2, -0.15) is 0 Å². The van der Waals surface area contributed by atoms with E-state index in [1.807, 2.05) is 17.5 Å². The van der Waals surface area contributed by atoms with Gasteiger partial charge in [-0.1, -0.05) is 23.7 Å². The van der Waals surface area contributed by atoms with Crippen molar-refractivity contribution in [3.05, 3.63) is 81.0 Å². The van der Waals surface area contributed by atoms with E-state index in [0.29, 0.717) is 27.8 Å². The number of amides is 1. The lowest BCUT2D eigenvalue weighted by atomic mass is 9.99. The Kier molecular flexibility index (Phi) is 5.71. The number of carbonyl (C=O) groups is 2. The van der Waals surface area contributed by atoms with Crippen molar-refractivity contribution in [2.75, 3.05) is 19.1 Å². The van der Waals surface area contributed by atoms with E-state index >= 15 is 0 Å². The monoisotopic (exact) mass is 455 g/mol. The van der Waals surface area contributed by atoms with Gasteiger partial charge in [-0.3, -0.25) is 14.5 Å². The molecule has 0 aliphatic carbocycles. The third kappa shape index (κ3) is 3.66. The highest BCUT2D eigenvalue weighted by molar-refractivity contribution is 7.10. The maximum absolute atomic E-state index is 13.1. The number of hydrogen-bond donors (Lipinski definition) is 1. The van der Waals surface area contributed by atoms with Crippen LogP contribution in [0.2, 0.25) is 5.02 Å². The largest absolute Gasteiger partial charge is 0.507 e. The molecule has 1 saturated heterocycles. The third-order valence-corrected chi connectivity index (χ3v) is 6.16. The predicted octanol–water partition coefficient (Wildman–Crippen LogP) is 5.05. The Hall–Kier alpha value is -3.29. The molecule has 2 aromatic carbocycles. The molecule has 3 aromatic rings. The number of halogens is 1. The van der Waals surface area contributed by atoms with Gasteiger partial charge < -0.3 is 14.6 Å². The summed E-state index contributed by atoms with van der Waals surface area (Å²) in [5.74, 6) is -0.924. The van der Waals surface area contributed by atoms with Gasteiger partial charge in [0, 0.05) is 21.2 Å². The van der Waals surface area contributed by atoms with Crippen LogP contribution in [0.3, 0.4) is 0 Å². The van der Waals surface area contributed by atoms with E-state index < -0.39 is 17.7 Å². The summed E-state index contributed by atoms with van der Waals surface area (Å²) in [5, 5.41) is 13.4. The normalized spacial score (nSPS) is 17.8. The van der Waals surface area contributed by atoms with Crippen molar-refractivity contribution in [1.82, 2.24) is 0 Å². The number of nitrogens with zero attached hydrogens (tertiary/aromatic N) is 1. The van der Waals surface area contributed by atoms with Gasteiger partial charge in [0.25, 0.3) is 11.7 Å². The number of anilines is 1. The standard InChI is InChI=1S/C23H18ClNO5S/c1-29-16-9-8-13(11-17(16)30-2)21(26)19-20(18-7-4-10-31-18)25(23(28)22(19)27)15-6-3-5-14(24)12-15/h3-12,20,26H,1-2H3/b21-19-. The molecule has 31 heavy (non-hydrogen) atoms. The molecule has 0 saturated carbocycles. The molecule has 0 spiro atoms. The van der Waals surface area contributed by atoms with Crippen LogP contribution in [0, 0.1) is 0 Å². The number of benzene rings is 2. The van der Waals surface area contributed by atoms with E-state index in [4.69, 9.17) is 21.1 Å². The van der Waals surface area contributed by atoms with E-state index in [2.05, 4.69) is 0 Å². The first-order chi connectivity index (χ1) is 15.0. The molecular weight excluding hydrogens is 438 g/mol. The fourth-order valence-corrected chi connectivity index (χ4v) is 4.59. The number of aliphatic hydroxyl groups excluding tert-OH is 1. The molecule has 1 fully saturated rings. The molecule has 8 heteroatoms. The second kappa shape index (κ2) is 8.45. The van der Waals surface area contributed by atoms with Crippen LogP contribution in [0.15, 0.2) is 65.6 Å². The average molecular weight is 456 g/mol. The second-order valence-corrected chi connectivity index (χ2v) is 8.15. The van der Waals surface area contributed by atoms with Gasteiger partial charge in [-0.05, 0) is 47.8 Å². The number of aliphatic hydroxyl groups is 1. The Morgan fingerprint density at radius 2 is 1.81 bits per heavy atom. The fourth-order valence-electron chi connectivity index (χ4n) is 3.58. The van der Waals surface area contributed by atoms with Crippen LogP contribution in [0.5, 0.6) is 11.5 Å². The Balaban J connectivity index is 1.91. The summed E-state index contributed by atoms with van der Waals surface area (Å²) < 4.78 is 10.5. The van der Waals surface area contributed by atoms with E-state index in [1.54, 1.807) is 42.5 Å². The molecule has 1 aliphatic heterocycles. The number of carbonyl (C=O) groups excluding carboxylic acids is 2. The molecule has 158 valence electrons. The van der Waals surface area contributed by atoms with Gasteiger partial charge in [-0.15, -0.1) is 11.3 Å². The Morgan fingerprint density at radius 1 is 1.03 bits per heavy atom. The Bertz CT molecular complexity index is 1190. The maximum atomic E-state index is 13.1. The molecule has 0 radical (unpaired) electrons. The lowest BCUT2D eigenvalue weighted by Gasteiger charge is -2.24. The molecule has 2 heterocycles. The molecule has 1 amide bonds. The van der Waals surface area contributed by atoms with Gasteiger partial charge >= 0.3 is 0 Å². The molecule has 1 atom stereocenters. The molecule has 6 nitrogen and oxygen atoms in total. The highest BCUT2D eigenvalue weighted by Crippen LogP contribution is 2.44. The lowest BCUT2D eigenvalue weighted by Crippen LogP contribution is -2.29. The molecule has 1 aromatic heterocycles. The van der Waals surface area contributed by atoms with Crippen molar-refractivity contribution in [2.24, 2.45) is 0 Å². The van der Waals surface area contributed by atoms with Crippen molar-refractivity contribution in [3.8, 4) is 11.5 Å². The highest BCUT2D eigenvalue weighted by Gasteiger charge is 2.47. The summed E-state index contributed by atoms with van der Waals surface area (Å²) in [6.07, 6.45) is 0. The number of hydrogen-bond acceptors (Lipinski definition) is 6. The van der Waals surface area contributed by atoms with Crippen LogP contribution in [0.1, 0.15) is 16.5 Å². The molecular formula is C23H18ClNO5S. The number of rotatable bonds is 5. The Labute approximate surface area is 187 Å². The van der Waals surface area contributed by atoms with Crippen LogP contribution >= 0.6 is 22.9 Å². The topological polar surface area (TPSA) is 76.1 Å². The number of thiophene rings is 1. The minimum Gasteiger partial charge on any atom is -0.507 e. The summed E-state index contributed by atoms with van der Waals surface area (Å²) in [6, 6.07) is 14.4. The van der Waals surface area contributed by atoms with E-state index in [0.717, 1.165) is 4.88 Å². The molecule has 1 aliphatic rings. The number of Topliss-reactive ketones (excluding diaryl/α,β-unsaturated/α-hetero) is 1. The average Bonchev–Trinajstić information content (AvgIpc) is 3.39. The fraction of sp³-hybridized carbons (Fsp3) is 0.130. The predicted molar refractivity (Wildman–Crippen MR) is 120 cm³/mol. The van der Waals surface area contributed by atoms with Crippen molar-refractivity contribution in [3.63, 3.8) is 0 Å². The van der Waals surface area contributed by atoms with Crippen molar-refractivity contribution >= 4 is 46.1 Å². The van der Waals surface area contributed by atoms with Gasteiger partial charge in [0.1, 0.15) is 11.8 Å². The molecule has 0 bridgehead atoms. The minimum atomic E-state index is -0.786. The minimum absolute atomic E-state index is 0.000328. The molecule has 4 rings (SSSR count). The van der Waals surface area contributed by atoms with Crippen molar-refractivity contribution in [1.29, 1.82) is 0 Å². The van der Waals surface area contributed by atoms with Crippen LogP contribution in [-0.2, 0) is 9.59 Å². The quantitative estimate of drug-likeness (QED) is 0.331. The third-order valence-electron chi connectivity index (χ3n) is 5.00. The van der Waals surface area contributed by atoms with Gasteiger partial charge in [-0.25, -0.2) is 0 Å². The second-order valence-electron chi connectivity index (χ2n) is 6.73. The molecule has 1 unspecified atom stereocenters. The molecule has 1 N–H and O–H groups in total. The van der Waals surface area contributed by atoms with Crippen molar-refractivity contribution < 1.29 is 24.2 Å². The zero-order chi connectivity index (χ0) is 22.1. The zero-order valence-corrected chi connectivity index (χ0v) is 18.2.